The van der Waals surface area contributed by atoms with Crippen molar-refractivity contribution < 1.29 is 19.1 Å². The molecular weight excluding hydrogens is 352 g/mol. The molecule has 4 rings (SSSR count). The fourth-order valence-electron chi connectivity index (χ4n) is 3.05. The first-order valence-corrected chi connectivity index (χ1v) is 8.90. The van der Waals surface area contributed by atoms with Crippen LogP contribution in [0.1, 0.15) is 44.4 Å². The van der Waals surface area contributed by atoms with E-state index in [-0.39, 0.29) is 11.5 Å². The largest absolute Gasteiger partial charge is 0.475 e. The second-order valence-electron chi connectivity index (χ2n) is 5.95. The number of carboxylic acids is 1. The Kier molecular flexibility index (Phi) is 4.00. The van der Waals surface area contributed by atoms with Gasteiger partial charge in [-0.05, 0) is 31.6 Å². The van der Waals surface area contributed by atoms with Gasteiger partial charge in [-0.1, -0.05) is 6.07 Å². The molecular formula is C19H14N2O4S. The topological polar surface area (TPSA) is 93.3 Å². The van der Waals surface area contributed by atoms with E-state index in [9.17, 15) is 14.7 Å². The molecule has 0 unspecified atom stereocenters. The fourth-order valence-corrected chi connectivity index (χ4v) is 3.80. The molecule has 3 heterocycles. The number of ketones is 1. The van der Waals surface area contributed by atoms with Crippen LogP contribution >= 0.6 is 11.3 Å². The highest BCUT2D eigenvalue weighted by atomic mass is 32.1. The summed E-state index contributed by atoms with van der Waals surface area (Å²) in [5, 5.41) is 11.8. The molecule has 26 heavy (non-hydrogen) atoms. The van der Waals surface area contributed by atoms with E-state index in [1.165, 1.54) is 11.3 Å². The van der Waals surface area contributed by atoms with Crippen molar-refractivity contribution in [3.63, 3.8) is 0 Å². The van der Waals surface area contributed by atoms with Gasteiger partial charge in [0.2, 0.25) is 5.76 Å². The van der Waals surface area contributed by atoms with Crippen LogP contribution in [-0.2, 0) is 6.42 Å². The van der Waals surface area contributed by atoms with Crippen LogP contribution in [0.25, 0.3) is 16.8 Å². The lowest BCUT2D eigenvalue weighted by atomic mass is 9.89. The van der Waals surface area contributed by atoms with Crippen LogP contribution < -0.4 is 0 Å². The van der Waals surface area contributed by atoms with Gasteiger partial charge in [0.25, 0.3) is 0 Å². The van der Waals surface area contributed by atoms with Gasteiger partial charge in [0.1, 0.15) is 10.8 Å². The minimum absolute atomic E-state index is 0.157. The lowest BCUT2D eigenvalue weighted by Gasteiger charge is -2.12. The fraction of sp³-hybridized carbons (Fsp3) is 0.158. The average molecular weight is 366 g/mol. The van der Waals surface area contributed by atoms with Gasteiger partial charge in [-0.25, -0.2) is 9.78 Å². The van der Waals surface area contributed by atoms with Crippen molar-refractivity contribution >= 4 is 29.2 Å². The van der Waals surface area contributed by atoms with Crippen molar-refractivity contribution in [2.24, 2.45) is 0 Å². The second-order valence-corrected chi connectivity index (χ2v) is 6.81. The Morgan fingerprint density at radius 3 is 2.92 bits per heavy atom. The number of allylic oxidation sites excluding steroid dienone is 1. The van der Waals surface area contributed by atoms with E-state index < -0.39 is 5.97 Å². The second kappa shape index (κ2) is 6.34. The third-order valence-corrected chi connectivity index (χ3v) is 5.17. The SMILES string of the molecule is Cc1c(C(=O)O)oc2c1C(=O)/C(=C\c1csc(-c3ccccn3)n1)CC2. The summed E-state index contributed by atoms with van der Waals surface area (Å²) in [6, 6.07) is 5.63. The van der Waals surface area contributed by atoms with Crippen molar-refractivity contribution in [2.45, 2.75) is 19.8 Å². The third kappa shape index (κ3) is 2.76. The van der Waals surface area contributed by atoms with Gasteiger partial charge in [0, 0.05) is 29.1 Å². The Morgan fingerprint density at radius 1 is 1.35 bits per heavy atom. The smallest absolute Gasteiger partial charge is 0.372 e. The molecule has 1 aliphatic rings. The summed E-state index contributed by atoms with van der Waals surface area (Å²) in [6.45, 7) is 1.61. The molecule has 0 spiro atoms. The maximum absolute atomic E-state index is 12.8. The molecule has 0 bridgehead atoms. The highest BCUT2D eigenvalue weighted by molar-refractivity contribution is 7.13. The monoisotopic (exact) mass is 366 g/mol. The Morgan fingerprint density at radius 2 is 2.19 bits per heavy atom. The number of Topliss-reactive ketones (excluding diaryl/α,β-unsaturated/α-hetero) is 1. The summed E-state index contributed by atoms with van der Waals surface area (Å²) in [6.07, 6.45) is 4.47. The number of hydrogen-bond acceptors (Lipinski definition) is 6. The molecule has 0 aliphatic heterocycles. The minimum atomic E-state index is -1.16. The molecule has 0 aromatic carbocycles. The predicted octanol–water partition coefficient (Wildman–Crippen LogP) is 4.02. The first-order valence-electron chi connectivity index (χ1n) is 8.02. The normalized spacial score (nSPS) is 15.3. The van der Waals surface area contributed by atoms with E-state index in [2.05, 4.69) is 9.97 Å². The van der Waals surface area contributed by atoms with Gasteiger partial charge in [-0.15, -0.1) is 11.3 Å². The number of carbonyl (C=O) groups excluding carboxylic acids is 1. The molecule has 1 aliphatic carbocycles. The zero-order valence-electron chi connectivity index (χ0n) is 13.9. The lowest BCUT2D eigenvalue weighted by molar-refractivity contribution is 0.0659. The molecule has 7 heteroatoms. The maximum atomic E-state index is 12.8. The molecule has 0 radical (unpaired) electrons. The van der Waals surface area contributed by atoms with Gasteiger partial charge < -0.3 is 9.52 Å². The number of nitrogens with zero attached hydrogens (tertiary/aromatic N) is 2. The van der Waals surface area contributed by atoms with E-state index in [1.807, 2.05) is 23.6 Å². The zero-order valence-corrected chi connectivity index (χ0v) is 14.7. The molecule has 3 aromatic heterocycles. The van der Waals surface area contributed by atoms with Gasteiger partial charge >= 0.3 is 5.97 Å². The van der Waals surface area contributed by atoms with Crippen LogP contribution in [0.4, 0.5) is 0 Å². The average Bonchev–Trinajstić information content (AvgIpc) is 3.23. The third-order valence-electron chi connectivity index (χ3n) is 4.28. The number of hydrogen-bond donors (Lipinski definition) is 1. The van der Waals surface area contributed by atoms with Gasteiger partial charge in [-0.2, -0.15) is 0 Å². The maximum Gasteiger partial charge on any atom is 0.372 e. The van der Waals surface area contributed by atoms with Crippen LogP contribution in [0.15, 0.2) is 39.8 Å². The van der Waals surface area contributed by atoms with Crippen molar-refractivity contribution in [3.05, 3.63) is 63.7 Å². The lowest BCUT2D eigenvalue weighted by Crippen LogP contribution is -2.13. The minimum Gasteiger partial charge on any atom is -0.475 e. The van der Waals surface area contributed by atoms with E-state index in [0.29, 0.717) is 41.0 Å². The number of carbonyl (C=O) groups is 2. The van der Waals surface area contributed by atoms with Crippen molar-refractivity contribution in [3.8, 4) is 10.7 Å². The molecule has 6 nitrogen and oxygen atoms in total. The Balaban J connectivity index is 1.67. The van der Waals surface area contributed by atoms with E-state index in [1.54, 1.807) is 19.2 Å². The van der Waals surface area contributed by atoms with E-state index >= 15 is 0 Å². The summed E-state index contributed by atoms with van der Waals surface area (Å²) >= 11 is 1.46. The number of carboxylic acid groups (broad SMARTS) is 1. The highest BCUT2D eigenvalue weighted by Gasteiger charge is 2.31. The molecule has 1 N–H and O–H groups in total. The summed E-state index contributed by atoms with van der Waals surface area (Å²) in [5.41, 5.74) is 2.85. The van der Waals surface area contributed by atoms with E-state index in [0.717, 1.165) is 10.7 Å². The number of aromatic carboxylic acids is 1. The molecule has 0 amide bonds. The van der Waals surface area contributed by atoms with Gasteiger partial charge in [-0.3, -0.25) is 9.78 Å². The number of furan rings is 1. The summed E-state index contributed by atoms with van der Waals surface area (Å²) in [5.74, 6) is -1.05. The Labute approximate surface area is 152 Å². The van der Waals surface area contributed by atoms with E-state index in [4.69, 9.17) is 4.42 Å². The molecule has 0 fully saturated rings. The quantitative estimate of drug-likeness (QED) is 0.704. The first-order chi connectivity index (χ1) is 12.5. The Hall–Kier alpha value is -3.06. The number of thiazole rings is 1. The van der Waals surface area contributed by atoms with Crippen molar-refractivity contribution in [2.75, 3.05) is 0 Å². The Bertz CT molecular complexity index is 1050. The van der Waals surface area contributed by atoms with Crippen LogP contribution in [0, 0.1) is 6.92 Å². The van der Waals surface area contributed by atoms with Crippen molar-refractivity contribution in [1.82, 2.24) is 9.97 Å². The predicted molar refractivity (Wildman–Crippen MR) is 96.4 cm³/mol. The molecule has 3 aromatic rings. The van der Waals surface area contributed by atoms with Gasteiger partial charge in [0.05, 0.1) is 17.0 Å². The van der Waals surface area contributed by atoms with Crippen molar-refractivity contribution in [1.29, 1.82) is 0 Å². The summed E-state index contributed by atoms with van der Waals surface area (Å²) in [7, 11) is 0. The zero-order chi connectivity index (χ0) is 18.3. The van der Waals surface area contributed by atoms with Crippen LogP contribution in [-0.4, -0.2) is 26.8 Å². The van der Waals surface area contributed by atoms with Crippen LogP contribution in [0.5, 0.6) is 0 Å². The number of aromatic nitrogens is 2. The molecule has 0 saturated carbocycles. The highest BCUT2D eigenvalue weighted by Crippen LogP contribution is 2.33. The standard InChI is InChI=1S/C19H14N2O4S/c1-10-15-14(25-17(10)19(23)24)6-5-11(16(15)22)8-12-9-26-18(21-12)13-4-2-3-7-20-13/h2-4,7-9H,5-6H2,1H3,(H,23,24)/b11-8-. The molecule has 0 saturated heterocycles. The number of fused-ring (bicyclic) bond motifs is 1. The first kappa shape index (κ1) is 16.4. The number of pyridine rings is 1. The summed E-state index contributed by atoms with van der Waals surface area (Å²) < 4.78 is 5.36. The molecule has 0 atom stereocenters. The number of aryl methyl sites for hydroxylation is 1. The summed E-state index contributed by atoms with van der Waals surface area (Å²) in [4.78, 5) is 32.8. The van der Waals surface area contributed by atoms with Crippen LogP contribution in [0.3, 0.4) is 0 Å². The number of rotatable bonds is 3. The van der Waals surface area contributed by atoms with Gasteiger partial charge in [0.15, 0.2) is 5.78 Å². The van der Waals surface area contributed by atoms with Crippen LogP contribution in [0.2, 0.25) is 0 Å². The molecule has 130 valence electrons.